The predicted octanol–water partition coefficient (Wildman–Crippen LogP) is 4.70. The first kappa shape index (κ1) is 16.4. The summed E-state index contributed by atoms with van der Waals surface area (Å²) in [6.45, 7) is 0. The minimum atomic E-state index is -0.262. The molecule has 0 spiro atoms. The summed E-state index contributed by atoms with van der Waals surface area (Å²) in [5, 5.41) is 0. The molecular formula is C14H12Br2FIN2. The van der Waals surface area contributed by atoms with E-state index in [-0.39, 0.29) is 11.9 Å². The highest BCUT2D eigenvalue weighted by molar-refractivity contribution is 14.1. The molecule has 1 unspecified atom stereocenters. The lowest BCUT2D eigenvalue weighted by Gasteiger charge is -2.19. The third kappa shape index (κ3) is 3.79. The van der Waals surface area contributed by atoms with Crippen LogP contribution < -0.4 is 11.3 Å². The van der Waals surface area contributed by atoms with E-state index in [0.717, 1.165) is 19.2 Å². The number of nitrogens with two attached hydrogens (primary N) is 1. The van der Waals surface area contributed by atoms with Crippen LogP contribution in [0, 0.1) is 9.39 Å². The van der Waals surface area contributed by atoms with Gasteiger partial charge >= 0.3 is 0 Å². The van der Waals surface area contributed by atoms with E-state index in [1.807, 2.05) is 24.3 Å². The molecule has 1 atom stereocenters. The van der Waals surface area contributed by atoms with Crippen LogP contribution in [0.25, 0.3) is 0 Å². The zero-order chi connectivity index (χ0) is 14.7. The molecule has 0 saturated carbocycles. The molecule has 6 heteroatoms. The molecule has 0 aliphatic rings. The molecule has 0 aromatic heterocycles. The molecule has 0 heterocycles. The summed E-state index contributed by atoms with van der Waals surface area (Å²) in [5.74, 6) is 5.42. The number of hydrazine groups is 1. The molecule has 0 fully saturated rings. The summed E-state index contributed by atoms with van der Waals surface area (Å²) in [4.78, 5) is 0. The Kier molecular flexibility index (Phi) is 5.97. The molecule has 0 aliphatic carbocycles. The first-order valence-electron chi connectivity index (χ1n) is 5.87. The van der Waals surface area contributed by atoms with Crippen molar-refractivity contribution in [2.24, 2.45) is 5.84 Å². The third-order valence-corrected chi connectivity index (χ3v) is 5.35. The third-order valence-electron chi connectivity index (χ3n) is 2.99. The van der Waals surface area contributed by atoms with E-state index in [9.17, 15) is 4.39 Å². The number of nitrogens with one attached hydrogen (secondary N) is 1. The average Bonchev–Trinajstić information content (AvgIpc) is 2.43. The van der Waals surface area contributed by atoms with Gasteiger partial charge in [-0.2, -0.15) is 0 Å². The Morgan fingerprint density at radius 3 is 2.70 bits per heavy atom. The molecule has 20 heavy (non-hydrogen) atoms. The van der Waals surface area contributed by atoms with Crippen LogP contribution in [0.2, 0.25) is 0 Å². The molecule has 0 radical (unpaired) electrons. The fourth-order valence-electron chi connectivity index (χ4n) is 1.97. The Morgan fingerprint density at radius 1 is 1.25 bits per heavy atom. The average molecular weight is 514 g/mol. The van der Waals surface area contributed by atoms with Crippen LogP contribution in [0.1, 0.15) is 17.2 Å². The van der Waals surface area contributed by atoms with Gasteiger partial charge in [0.25, 0.3) is 0 Å². The smallest absolute Gasteiger partial charge is 0.137 e. The van der Waals surface area contributed by atoms with Gasteiger partial charge in [0.1, 0.15) is 5.82 Å². The van der Waals surface area contributed by atoms with Crippen LogP contribution in [-0.2, 0) is 6.42 Å². The van der Waals surface area contributed by atoms with Gasteiger partial charge in [-0.05, 0) is 80.3 Å². The number of halogens is 4. The zero-order valence-corrected chi connectivity index (χ0v) is 15.7. The molecule has 2 rings (SSSR count). The number of hydrogen-bond donors (Lipinski definition) is 2. The topological polar surface area (TPSA) is 38.0 Å². The van der Waals surface area contributed by atoms with E-state index >= 15 is 0 Å². The van der Waals surface area contributed by atoms with Gasteiger partial charge in [-0.15, -0.1) is 0 Å². The summed E-state index contributed by atoms with van der Waals surface area (Å²) in [6, 6.07) is 11.0. The standard InChI is InChI=1S/C14H12Br2FIN2/c15-9-4-5-12(18)10(7-9)13(20-19)6-8-2-1-3-11(17)14(8)16/h1-5,7,13,20H,6,19H2. The van der Waals surface area contributed by atoms with E-state index in [1.54, 1.807) is 6.07 Å². The van der Waals surface area contributed by atoms with Gasteiger partial charge in [0, 0.05) is 8.04 Å². The second kappa shape index (κ2) is 7.31. The quantitative estimate of drug-likeness (QED) is 0.353. The molecule has 2 aromatic carbocycles. The van der Waals surface area contributed by atoms with Crippen molar-refractivity contribution in [1.29, 1.82) is 0 Å². The van der Waals surface area contributed by atoms with Crippen molar-refractivity contribution in [3.05, 3.63) is 65.9 Å². The maximum Gasteiger partial charge on any atom is 0.137 e. The maximum absolute atomic E-state index is 13.6. The fourth-order valence-corrected chi connectivity index (χ4v) is 3.48. The van der Waals surface area contributed by atoms with Gasteiger partial charge in [-0.3, -0.25) is 11.3 Å². The van der Waals surface area contributed by atoms with Crippen molar-refractivity contribution < 1.29 is 4.39 Å². The predicted molar refractivity (Wildman–Crippen MR) is 94.7 cm³/mol. The number of rotatable bonds is 4. The van der Waals surface area contributed by atoms with Crippen LogP contribution in [-0.4, -0.2) is 0 Å². The first-order valence-corrected chi connectivity index (χ1v) is 8.53. The summed E-state index contributed by atoms with van der Waals surface area (Å²) in [6.07, 6.45) is 0.599. The highest BCUT2D eigenvalue weighted by Crippen LogP contribution is 2.29. The van der Waals surface area contributed by atoms with E-state index in [1.165, 1.54) is 6.07 Å². The second-order valence-corrected chi connectivity index (χ2v) is 7.17. The van der Waals surface area contributed by atoms with Crippen molar-refractivity contribution in [1.82, 2.24) is 5.43 Å². The summed E-state index contributed by atoms with van der Waals surface area (Å²) in [5.41, 5.74) is 4.77. The van der Waals surface area contributed by atoms with Gasteiger partial charge in [0.15, 0.2) is 0 Å². The molecule has 0 saturated heterocycles. The van der Waals surface area contributed by atoms with Crippen LogP contribution in [0.4, 0.5) is 4.39 Å². The SMILES string of the molecule is NNC(Cc1cccc(F)c1Br)c1cc(Br)ccc1I. The van der Waals surface area contributed by atoms with Crippen molar-refractivity contribution in [2.45, 2.75) is 12.5 Å². The van der Waals surface area contributed by atoms with Crippen molar-refractivity contribution in [2.75, 3.05) is 0 Å². The highest BCUT2D eigenvalue weighted by Gasteiger charge is 2.16. The van der Waals surface area contributed by atoms with Crippen LogP contribution in [0.3, 0.4) is 0 Å². The second-order valence-electron chi connectivity index (χ2n) is 4.30. The molecule has 0 bridgehead atoms. The molecule has 106 valence electrons. The van der Waals surface area contributed by atoms with Crippen LogP contribution in [0.15, 0.2) is 45.3 Å². The summed E-state index contributed by atoms with van der Waals surface area (Å²) < 4.78 is 16.2. The van der Waals surface area contributed by atoms with Gasteiger partial charge in [-0.1, -0.05) is 28.1 Å². The highest BCUT2D eigenvalue weighted by atomic mass is 127. The maximum atomic E-state index is 13.6. The van der Waals surface area contributed by atoms with E-state index in [2.05, 4.69) is 59.9 Å². The van der Waals surface area contributed by atoms with Crippen LogP contribution in [0.5, 0.6) is 0 Å². The minimum Gasteiger partial charge on any atom is -0.271 e. The Balaban J connectivity index is 2.34. The van der Waals surface area contributed by atoms with Crippen LogP contribution >= 0.6 is 54.5 Å². The Labute approximate surface area is 147 Å². The lowest BCUT2D eigenvalue weighted by atomic mass is 9.99. The molecule has 3 N–H and O–H groups in total. The van der Waals surface area contributed by atoms with E-state index < -0.39 is 0 Å². The minimum absolute atomic E-state index is 0.0856. The first-order chi connectivity index (χ1) is 9.52. The fraction of sp³-hybridized carbons (Fsp3) is 0.143. The van der Waals surface area contributed by atoms with Gasteiger partial charge in [-0.25, -0.2) is 4.39 Å². The zero-order valence-electron chi connectivity index (χ0n) is 10.3. The van der Waals surface area contributed by atoms with Gasteiger partial charge < -0.3 is 0 Å². The molecule has 2 aromatic rings. The number of hydrogen-bond acceptors (Lipinski definition) is 2. The van der Waals surface area contributed by atoms with Crippen molar-refractivity contribution in [3.8, 4) is 0 Å². The molecule has 0 aliphatic heterocycles. The summed E-state index contributed by atoms with van der Waals surface area (Å²) >= 11 is 9.02. The van der Waals surface area contributed by atoms with Crippen molar-refractivity contribution in [3.63, 3.8) is 0 Å². The van der Waals surface area contributed by atoms with Crippen molar-refractivity contribution >= 4 is 54.5 Å². The lowest BCUT2D eigenvalue weighted by Crippen LogP contribution is -2.30. The monoisotopic (exact) mass is 512 g/mol. The van der Waals surface area contributed by atoms with Gasteiger partial charge in [0.05, 0.1) is 10.5 Å². The van der Waals surface area contributed by atoms with E-state index in [0.29, 0.717) is 10.9 Å². The Bertz CT molecular complexity index is 622. The molecule has 0 amide bonds. The van der Waals surface area contributed by atoms with E-state index in [4.69, 9.17) is 5.84 Å². The number of benzene rings is 2. The molecular weight excluding hydrogens is 502 g/mol. The summed E-state index contributed by atoms with van der Waals surface area (Å²) in [7, 11) is 0. The van der Waals surface area contributed by atoms with Gasteiger partial charge in [0.2, 0.25) is 0 Å². The largest absolute Gasteiger partial charge is 0.271 e. The lowest BCUT2D eigenvalue weighted by molar-refractivity contribution is 0.544. The normalized spacial score (nSPS) is 12.4. The molecule has 2 nitrogen and oxygen atoms in total. The Hall–Kier alpha value is -0.0200. The Morgan fingerprint density at radius 2 is 2.00 bits per heavy atom.